The number of likely N-dealkylation sites (tertiary alicyclic amines) is 1. The Bertz CT molecular complexity index is 759. The fourth-order valence-corrected chi connectivity index (χ4v) is 4.55. The molecule has 2 saturated carbocycles. The Morgan fingerprint density at radius 2 is 1.92 bits per heavy atom. The fourth-order valence-electron chi connectivity index (χ4n) is 4.55. The number of rotatable bonds is 5. The van der Waals surface area contributed by atoms with Gasteiger partial charge in [-0.15, -0.1) is 0 Å². The molecule has 1 aliphatic heterocycles. The van der Waals surface area contributed by atoms with Crippen molar-refractivity contribution < 1.29 is 28.4 Å². The van der Waals surface area contributed by atoms with E-state index in [-0.39, 0.29) is 41.3 Å². The molecule has 3 aliphatic rings. The van der Waals surface area contributed by atoms with Crippen LogP contribution in [0.3, 0.4) is 0 Å². The van der Waals surface area contributed by atoms with Crippen molar-refractivity contribution in [2.45, 2.75) is 26.2 Å². The first-order valence-electron chi connectivity index (χ1n) is 8.68. The second kappa shape index (κ2) is 6.22. The smallest absolute Gasteiger partial charge is 0.326 e. The first-order valence-corrected chi connectivity index (χ1v) is 8.68. The van der Waals surface area contributed by atoms with E-state index in [0.717, 1.165) is 24.2 Å². The lowest BCUT2D eigenvalue weighted by Gasteiger charge is -2.19. The summed E-state index contributed by atoms with van der Waals surface area (Å²) in [7, 11) is 0. The summed E-state index contributed by atoms with van der Waals surface area (Å²) in [5.74, 6) is -1.18. The summed E-state index contributed by atoms with van der Waals surface area (Å²) in [6.07, 6.45) is 2.89. The van der Waals surface area contributed by atoms with Gasteiger partial charge in [-0.2, -0.15) is 0 Å². The topological polar surface area (TPSA) is 119 Å². The molecule has 2 aliphatic carbocycles. The maximum Gasteiger partial charge on any atom is 0.326 e. The molecule has 4 rings (SSSR count). The highest BCUT2D eigenvalue weighted by Crippen LogP contribution is 2.56. The molecule has 1 N–H and O–H groups in total. The molecule has 26 heavy (non-hydrogen) atoms. The van der Waals surface area contributed by atoms with Gasteiger partial charge in [0.25, 0.3) is 5.91 Å². The lowest BCUT2D eigenvalue weighted by Crippen LogP contribution is -2.38. The van der Waals surface area contributed by atoms with Gasteiger partial charge in [-0.25, -0.2) is 0 Å². The van der Waals surface area contributed by atoms with Crippen LogP contribution in [-0.4, -0.2) is 46.9 Å². The standard InChI is InChI=1S/C17H19N3O6/c1-8-4-11(19-26-8)18-12(21)7-25-13(22)6-20-16(23)14-9-2-3-10(5-9)15(14)17(20)24/h4,9-10,14-15H,2-3,5-7H2,1H3,(H,18,19,21)/t9-,10-,14+,15+/m0/s1. The molecule has 9 heteroatoms. The zero-order valence-electron chi connectivity index (χ0n) is 14.3. The van der Waals surface area contributed by atoms with E-state index in [1.807, 2.05) is 0 Å². The van der Waals surface area contributed by atoms with Crippen molar-refractivity contribution in [1.29, 1.82) is 0 Å². The summed E-state index contributed by atoms with van der Waals surface area (Å²) >= 11 is 0. The van der Waals surface area contributed by atoms with Crippen LogP contribution >= 0.6 is 0 Å². The Hall–Kier alpha value is -2.71. The molecular formula is C17H19N3O6. The van der Waals surface area contributed by atoms with E-state index in [0.29, 0.717) is 5.76 Å². The number of nitrogens with zero attached hydrogens (tertiary/aromatic N) is 2. The number of ether oxygens (including phenoxy) is 1. The Kier molecular flexibility index (Phi) is 4.01. The van der Waals surface area contributed by atoms with Gasteiger partial charge >= 0.3 is 5.97 Å². The molecular weight excluding hydrogens is 342 g/mol. The molecule has 0 radical (unpaired) electrons. The van der Waals surface area contributed by atoms with Crippen LogP contribution < -0.4 is 5.32 Å². The molecule has 3 fully saturated rings. The Morgan fingerprint density at radius 3 is 2.50 bits per heavy atom. The van der Waals surface area contributed by atoms with Crippen LogP contribution in [0, 0.1) is 30.6 Å². The van der Waals surface area contributed by atoms with Crippen LogP contribution in [0.5, 0.6) is 0 Å². The highest BCUT2D eigenvalue weighted by atomic mass is 16.5. The number of imide groups is 1. The lowest BCUT2D eigenvalue weighted by atomic mass is 9.81. The van der Waals surface area contributed by atoms with E-state index in [4.69, 9.17) is 9.26 Å². The van der Waals surface area contributed by atoms with E-state index in [2.05, 4.69) is 10.5 Å². The van der Waals surface area contributed by atoms with E-state index in [1.165, 1.54) is 6.07 Å². The Balaban J connectivity index is 1.29. The van der Waals surface area contributed by atoms with Gasteiger partial charge in [0, 0.05) is 6.07 Å². The predicted molar refractivity (Wildman–Crippen MR) is 85.4 cm³/mol. The highest BCUT2D eigenvalue weighted by Gasteiger charge is 2.61. The first-order chi connectivity index (χ1) is 12.4. The number of amides is 3. The number of fused-ring (bicyclic) bond motifs is 5. The molecule has 1 aromatic heterocycles. The average Bonchev–Trinajstić information content (AvgIpc) is 3.35. The molecule has 0 aromatic carbocycles. The van der Waals surface area contributed by atoms with E-state index in [1.54, 1.807) is 6.92 Å². The first kappa shape index (κ1) is 16.7. The second-order valence-electron chi connectivity index (χ2n) is 7.18. The summed E-state index contributed by atoms with van der Waals surface area (Å²) < 4.78 is 9.69. The summed E-state index contributed by atoms with van der Waals surface area (Å²) in [5.41, 5.74) is 0. The van der Waals surface area contributed by atoms with Crippen molar-refractivity contribution >= 4 is 29.5 Å². The van der Waals surface area contributed by atoms with Crippen LogP contribution in [0.2, 0.25) is 0 Å². The predicted octanol–water partition coefficient (Wildman–Crippen LogP) is 0.496. The van der Waals surface area contributed by atoms with Crippen molar-refractivity contribution in [1.82, 2.24) is 10.1 Å². The molecule has 2 bridgehead atoms. The van der Waals surface area contributed by atoms with E-state index >= 15 is 0 Å². The van der Waals surface area contributed by atoms with Crippen LogP contribution in [0.15, 0.2) is 10.6 Å². The minimum atomic E-state index is -0.787. The molecule has 1 saturated heterocycles. The van der Waals surface area contributed by atoms with E-state index < -0.39 is 25.0 Å². The van der Waals surface area contributed by atoms with E-state index in [9.17, 15) is 19.2 Å². The largest absolute Gasteiger partial charge is 0.454 e. The molecule has 0 unspecified atom stereocenters. The van der Waals surface area contributed by atoms with Gasteiger partial charge in [0.1, 0.15) is 12.3 Å². The summed E-state index contributed by atoms with van der Waals surface area (Å²) in [6.45, 7) is 0.702. The van der Waals surface area contributed by atoms with Crippen molar-refractivity contribution in [3.8, 4) is 0 Å². The van der Waals surface area contributed by atoms with Gasteiger partial charge in [0.2, 0.25) is 11.8 Å². The summed E-state index contributed by atoms with van der Waals surface area (Å²) in [4.78, 5) is 49.7. The zero-order chi connectivity index (χ0) is 18.4. The van der Waals surface area contributed by atoms with Crippen molar-refractivity contribution in [3.05, 3.63) is 11.8 Å². The third-order valence-corrected chi connectivity index (χ3v) is 5.57. The third kappa shape index (κ3) is 2.77. The average molecular weight is 361 g/mol. The van der Waals surface area contributed by atoms with Crippen LogP contribution in [-0.2, 0) is 23.9 Å². The van der Waals surface area contributed by atoms with Crippen LogP contribution in [0.25, 0.3) is 0 Å². The van der Waals surface area contributed by atoms with Crippen molar-refractivity contribution in [3.63, 3.8) is 0 Å². The molecule has 3 amide bonds. The summed E-state index contributed by atoms with van der Waals surface area (Å²) in [5, 5.41) is 6.01. The monoisotopic (exact) mass is 361 g/mol. The minimum absolute atomic E-state index is 0.219. The summed E-state index contributed by atoms with van der Waals surface area (Å²) in [6, 6.07) is 1.52. The maximum atomic E-state index is 12.5. The quantitative estimate of drug-likeness (QED) is 0.599. The van der Waals surface area contributed by atoms with Gasteiger partial charge in [0.05, 0.1) is 11.8 Å². The number of esters is 1. The van der Waals surface area contributed by atoms with Gasteiger partial charge in [0.15, 0.2) is 12.4 Å². The minimum Gasteiger partial charge on any atom is -0.454 e. The molecule has 138 valence electrons. The molecule has 1 aromatic rings. The number of nitrogens with one attached hydrogen (secondary N) is 1. The number of anilines is 1. The number of hydrogen-bond donors (Lipinski definition) is 1. The second-order valence-corrected chi connectivity index (χ2v) is 7.18. The molecule has 2 heterocycles. The van der Waals surface area contributed by atoms with Crippen LogP contribution in [0.1, 0.15) is 25.0 Å². The van der Waals surface area contributed by atoms with Gasteiger partial charge < -0.3 is 14.6 Å². The van der Waals surface area contributed by atoms with Gasteiger partial charge in [-0.3, -0.25) is 24.1 Å². The molecule has 4 atom stereocenters. The lowest BCUT2D eigenvalue weighted by molar-refractivity contribution is -0.154. The van der Waals surface area contributed by atoms with Crippen LogP contribution in [0.4, 0.5) is 5.82 Å². The zero-order valence-corrected chi connectivity index (χ0v) is 14.3. The van der Waals surface area contributed by atoms with Gasteiger partial charge in [-0.1, -0.05) is 5.16 Å². The fraction of sp³-hybridized carbons (Fsp3) is 0.588. The normalized spacial score (nSPS) is 29.2. The number of aryl methyl sites for hydroxylation is 1. The Morgan fingerprint density at radius 1 is 1.27 bits per heavy atom. The molecule has 9 nitrogen and oxygen atoms in total. The molecule has 0 spiro atoms. The number of carbonyl (C=O) groups excluding carboxylic acids is 4. The van der Waals surface area contributed by atoms with Crippen molar-refractivity contribution in [2.75, 3.05) is 18.5 Å². The highest BCUT2D eigenvalue weighted by molar-refractivity contribution is 6.07. The van der Waals surface area contributed by atoms with Gasteiger partial charge in [-0.05, 0) is 38.0 Å². The maximum absolute atomic E-state index is 12.5. The Labute approximate surface area is 149 Å². The number of carbonyl (C=O) groups is 4. The SMILES string of the molecule is Cc1cc(NC(=O)COC(=O)CN2C(=O)[C@@H]3[C@H]4CC[C@@H](C4)[C@H]3C2=O)no1. The number of hydrogen-bond acceptors (Lipinski definition) is 7. The van der Waals surface area contributed by atoms with Crippen molar-refractivity contribution in [2.24, 2.45) is 23.7 Å². The number of aromatic nitrogens is 1. The third-order valence-electron chi connectivity index (χ3n) is 5.57.